The summed E-state index contributed by atoms with van der Waals surface area (Å²) < 4.78 is 0. The first-order valence-electron chi connectivity index (χ1n) is 6.50. The number of nitro benzene ring substituents is 1. The van der Waals surface area contributed by atoms with Gasteiger partial charge in [-0.15, -0.1) is 0 Å². The Morgan fingerprint density at radius 3 is 2.62 bits per heavy atom. The Labute approximate surface area is 122 Å². The lowest BCUT2D eigenvalue weighted by molar-refractivity contribution is -0.384. The van der Waals surface area contributed by atoms with E-state index in [1.807, 2.05) is 6.92 Å². The fourth-order valence-corrected chi connectivity index (χ4v) is 1.72. The Morgan fingerprint density at radius 2 is 2.05 bits per heavy atom. The van der Waals surface area contributed by atoms with E-state index in [2.05, 4.69) is 16.0 Å². The minimum absolute atomic E-state index is 0.140. The van der Waals surface area contributed by atoms with Crippen LogP contribution in [-0.2, 0) is 4.79 Å². The van der Waals surface area contributed by atoms with Crippen molar-refractivity contribution in [1.82, 2.24) is 10.6 Å². The number of hydrogen-bond acceptors (Lipinski definition) is 5. The molecule has 1 aromatic carbocycles. The molecule has 0 bridgehead atoms. The van der Waals surface area contributed by atoms with Crippen LogP contribution in [0.2, 0.25) is 0 Å². The first kappa shape index (κ1) is 16.4. The zero-order valence-corrected chi connectivity index (χ0v) is 11.9. The van der Waals surface area contributed by atoms with Crippen molar-refractivity contribution < 1.29 is 14.5 Å². The number of nitro groups is 1. The Kier molecular flexibility index (Phi) is 6.12. The second-order valence-corrected chi connectivity index (χ2v) is 4.20. The molecule has 1 aromatic rings. The highest BCUT2D eigenvalue weighted by molar-refractivity contribution is 5.95. The van der Waals surface area contributed by atoms with E-state index in [-0.39, 0.29) is 36.2 Å². The Hall–Kier alpha value is -2.64. The number of rotatable bonds is 7. The number of nitrogens with one attached hydrogen (secondary N) is 3. The van der Waals surface area contributed by atoms with Crippen LogP contribution in [0, 0.1) is 10.1 Å². The van der Waals surface area contributed by atoms with Crippen molar-refractivity contribution in [2.75, 3.05) is 25.5 Å². The van der Waals surface area contributed by atoms with Gasteiger partial charge in [0.2, 0.25) is 5.91 Å². The molecule has 0 fully saturated rings. The van der Waals surface area contributed by atoms with Crippen LogP contribution in [-0.4, -0.2) is 36.9 Å². The van der Waals surface area contributed by atoms with Crippen LogP contribution in [0.1, 0.15) is 23.7 Å². The third kappa shape index (κ3) is 4.75. The fraction of sp³-hybridized carbons (Fsp3) is 0.385. The molecule has 8 heteroatoms. The van der Waals surface area contributed by atoms with Gasteiger partial charge in [0.05, 0.1) is 4.92 Å². The first-order chi connectivity index (χ1) is 9.99. The highest BCUT2D eigenvalue weighted by Crippen LogP contribution is 2.25. The van der Waals surface area contributed by atoms with Crippen molar-refractivity contribution in [3.63, 3.8) is 0 Å². The minimum atomic E-state index is -0.540. The van der Waals surface area contributed by atoms with Crippen molar-refractivity contribution in [3.05, 3.63) is 33.9 Å². The van der Waals surface area contributed by atoms with E-state index in [1.54, 1.807) is 0 Å². The third-order valence-corrected chi connectivity index (χ3v) is 2.72. The average molecular weight is 294 g/mol. The largest absolute Gasteiger partial charge is 0.379 e. The first-order valence-corrected chi connectivity index (χ1v) is 6.50. The Morgan fingerprint density at radius 1 is 1.33 bits per heavy atom. The molecular formula is C13H18N4O4. The van der Waals surface area contributed by atoms with Crippen LogP contribution in [0.15, 0.2) is 18.2 Å². The van der Waals surface area contributed by atoms with Crippen molar-refractivity contribution in [2.45, 2.75) is 13.3 Å². The van der Waals surface area contributed by atoms with Crippen molar-refractivity contribution in [3.8, 4) is 0 Å². The summed E-state index contributed by atoms with van der Waals surface area (Å²) >= 11 is 0. The van der Waals surface area contributed by atoms with Gasteiger partial charge in [-0.2, -0.15) is 0 Å². The van der Waals surface area contributed by atoms with E-state index in [9.17, 15) is 19.7 Å². The monoisotopic (exact) mass is 294 g/mol. The van der Waals surface area contributed by atoms with Gasteiger partial charge in [0.15, 0.2) is 0 Å². The average Bonchev–Trinajstić information content (AvgIpc) is 2.46. The summed E-state index contributed by atoms with van der Waals surface area (Å²) in [6, 6.07) is 4.04. The molecule has 0 aliphatic carbocycles. The van der Waals surface area contributed by atoms with Gasteiger partial charge >= 0.3 is 0 Å². The van der Waals surface area contributed by atoms with Crippen molar-refractivity contribution >= 4 is 23.2 Å². The molecule has 1 rings (SSSR count). The predicted molar refractivity (Wildman–Crippen MR) is 78.3 cm³/mol. The van der Waals surface area contributed by atoms with Crippen LogP contribution in [0.3, 0.4) is 0 Å². The van der Waals surface area contributed by atoms with E-state index in [4.69, 9.17) is 0 Å². The molecule has 0 aliphatic rings. The van der Waals surface area contributed by atoms with Gasteiger partial charge in [-0.1, -0.05) is 0 Å². The zero-order valence-electron chi connectivity index (χ0n) is 11.9. The molecule has 3 N–H and O–H groups in total. The lowest BCUT2D eigenvalue weighted by Gasteiger charge is -2.09. The van der Waals surface area contributed by atoms with Gasteiger partial charge in [0.1, 0.15) is 5.69 Å². The molecule has 2 amide bonds. The highest BCUT2D eigenvalue weighted by Gasteiger charge is 2.16. The van der Waals surface area contributed by atoms with Crippen molar-refractivity contribution in [2.24, 2.45) is 0 Å². The number of benzene rings is 1. The van der Waals surface area contributed by atoms with E-state index in [1.165, 1.54) is 25.2 Å². The van der Waals surface area contributed by atoms with E-state index in [0.717, 1.165) is 0 Å². The molecule has 0 heterocycles. The van der Waals surface area contributed by atoms with Crippen LogP contribution in [0.25, 0.3) is 0 Å². The number of hydrogen-bond donors (Lipinski definition) is 3. The van der Waals surface area contributed by atoms with E-state index < -0.39 is 4.92 Å². The smallest absolute Gasteiger partial charge is 0.292 e. The molecule has 0 saturated carbocycles. The summed E-state index contributed by atoms with van der Waals surface area (Å²) in [6.45, 7) is 2.58. The van der Waals surface area contributed by atoms with E-state index in [0.29, 0.717) is 12.1 Å². The number of nitrogens with zero attached hydrogens (tertiary/aromatic N) is 1. The maximum absolute atomic E-state index is 11.5. The second-order valence-electron chi connectivity index (χ2n) is 4.20. The summed E-state index contributed by atoms with van der Waals surface area (Å²) in [5.74, 6) is -0.480. The lowest BCUT2D eigenvalue weighted by atomic mass is 10.1. The topological polar surface area (TPSA) is 113 Å². The van der Waals surface area contributed by atoms with Crippen LogP contribution >= 0.6 is 0 Å². The molecule has 114 valence electrons. The number of carbonyl (C=O) groups excluding carboxylic acids is 2. The maximum Gasteiger partial charge on any atom is 0.292 e. The standard InChI is InChI=1S/C13H18N4O4/c1-3-15-12(18)6-7-16-10-8-9(13(19)14-2)4-5-11(10)17(20)21/h4-5,8,16H,3,6-7H2,1-2H3,(H,14,19)(H,15,18). The summed E-state index contributed by atoms with van der Waals surface area (Å²) in [4.78, 5) is 33.3. The van der Waals surface area contributed by atoms with Gasteiger partial charge < -0.3 is 16.0 Å². The third-order valence-electron chi connectivity index (χ3n) is 2.72. The molecule has 8 nitrogen and oxygen atoms in total. The molecule has 0 saturated heterocycles. The predicted octanol–water partition coefficient (Wildman–Crippen LogP) is 0.892. The SMILES string of the molecule is CCNC(=O)CCNc1cc(C(=O)NC)ccc1[N+](=O)[O-]. The summed E-state index contributed by atoms with van der Waals surface area (Å²) in [6.07, 6.45) is 0.190. The normalized spacial score (nSPS) is 9.81. The van der Waals surface area contributed by atoms with Gasteiger partial charge in [-0.05, 0) is 19.1 Å². The minimum Gasteiger partial charge on any atom is -0.379 e. The molecule has 0 radical (unpaired) electrons. The van der Waals surface area contributed by atoms with Gasteiger partial charge in [0.25, 0.3) is 11.6 Å². The van der Waals surface area contributed by atoms with Gasteiger partial charge in [-0.3, -0.25) is 19.7 Å². The molecule has 0 atom stereocenters. The molecular weight excluding hydrogens is 276 g/mol. The van der Waals surface area contributed by atoms with Crippen LogP contribution in [0.5, 0.6) is 0 Å². The van der Waals surface area contributed by atoms with Gasteiger partial charge in [0, 0.05) is 38.2 Å². The number of amides is 2. The highest BCUT2D eigenvalue weighted by atomic mass is 16.6. The second kappa shape index (κ2) is 7.83. The molecule has 0 unspecified atom stereocenters. The van der Waals surface area contributed by atoms with Crippen LogP contribution in [0.4, 0.5) is 11.4 Å². The molecule has 0 aliphatic heterocycles. The summed E-state index contributed by atoms with van der Waals surface area (Å²) in [7, 11) is 1.48. The Balaban J connectivity index is 2.84. The number of anilines is 1. The van der Waals surface area contributed by atoms with Crippen molar-refractivity contribution in [1.29, 1.82) is 0 Å². The zero-order chi connectivity index (χ0) is 15.8. The van der Waals surface area contributed by atoms with E-state index >= 15 is 0 Å². The maximum atomic E-state index is 11.5. The summed E-state index contributed by atoms with van der Waals surface area (Å²) in [5, 5.41) is 18.9. The van der Waals surface area contributed by atoms with Gasteiger partial charge in [-0.25, -0.2) is 0 Å². The molecule has 0 aromatic heterocycles. The fourth-order valence-electron chi connectivity index (χ4n) is 1.72. The Bertz CT molecular complexity index is 545. The molecule has 0 spiro atoms. The quantitative estimate of drug-likeness (QED) is 0.510. The lowest BCUT2D eigenvalue weighted by Crippen LogP contribution is -2.25. The number of carbonyl (C=O) groups is 2. The van der Waals surface area contributed by atoms with Crippen LogP contribution < -0.4 is 16.0 Å². The summed E-state index contributed by atoms with van der Waals surface area (Å²) in [5.41, 5.74) is 0.382. The molecule has 21 heavy (non-hydrogen) atoms.